The van der Waals surface area contributed by atoms with Gasteiger partial charge in [-0.2, -0.15) is 0 Å². The van der Waals surface area contributed by atoms with Crippen LogP contribution in [-0.2, 0) is 18.9 Å². The van der Waals surface area contributed by atoms with E-state index in [1.165, 1.54) is 0 Å². The monoisotopic (exact) mass is 206 g/mol. The van der Waals surface area contributed by atoms with E-state index in [1.54, 1.807) is 14.2 Å². The maximum atomic E-state index is 5.52. The first-order chi connectivity index (χ1) is 6.85. The number of hydrogen-bond acceptors (Lipinski definition) is 4. The van der Waals surface area contributed by atoms with Crippen LogP contribution in [0.2, 0.25) is 0 Å². The van der Waals surface area contributed by atoms with Gasteiger partial charge >= 0.3 is 0 Å². The summed E-state index contributed by atoms with van der Waals surface area (Å²) in [6, 6.07) is 0. The maximum Gasteiger partial charge on any atom is 0.0807 e. The molecule has 0 aromatic carbocycles. The van der Waals surface area contributed by atoms with Crippen LogP contribution in [0, 0.1) is 0 Å². The molecule has 0 aliphatic heterocycles. The van der Waals surface area contributed by atoms with Crippen LogP contribution in [0.15, 0.2) is 0 Å². The van der Waals surface area contributed by atoms with Crippen molar-refractivity contribution in [1.82, 2.24) is 0 Å². The zero-order chi connectivity index (χ0) is 10.6. The molecule has 0 fully saturated rings. The smallest absolute Gasteiger partial charge is 0.0807 e. The molecule has 4 heteroatoms. The van der Waals surface area contributed by atoms with E-state index in [0.29, 0.717) is 33.0 Å². The van der Waals surface area contributed by atoms with Crippen molar-refractivity contribution in [3.05, 3.63) is 0 Å². The number of ether oxygens (including phenoxy) is 4. The SMILES string of the molecule is CCC(COCCOC)OCCOC. The lowest BCUT2D eigenvalue weighted by Gasteiger charge is -2.15. The van der Waals surface area contributed by atoms with Crippen molar-refractivity contribution in [2.24, 2.45) is 0 Å². The van der Waals surface area contributed by atoms with Crippen molar-refractivity contribution < 1.29 is 18.9 Å². The van der Waals surface area contributed by atoms with Crippen molar-refractivity contribution in [2.45, 2.75) is 19.4 Å². The van der Waals surface area contributed by atoms with Gasteiger partial charge < -0.3 is 18.9 Å². The lowest BCUT2D eigenvalue weighted by atomic mass is 10.3. The van der Waals surface area contributed by atoms with Crippen LogP contribution >= 0.6 is 0 Å². The van der Waals surface area contributed by atoms with Crippen molar-refractivity contribution in [2.75, 3.05) is 47.3 Å². The van der Waals surface area contributed by atoms with E-state index >= 15 is 0 Å². The lowest BCUT2D eigenvalue weighted by Crippen LogP contribution is -2.22. The second-order valence-corrected chi connectivity index (χ2v) is 2.96. The Kier molecular flexibility index (Phi) is 10.8. The van der Waals surface area contributed by atoms with Crippen molar-refractivity contribution >= 4 is 0 Å². The highest BCUT2D eigenvalue weighted by atomic mass is 16.6. The predicted molar refractivity (Wildman–Crippen MR) is 54.6 cm³/mol. The van der Waals surface area contributed by atoms with Gasteiger partial charge in [0, 0.05) is 14.2 Å². The Hall–Kier alpha value is -0.160. The van der Waals surface area contributed by atoms with Crippen LogP contribution < -0.4 is 0 Å². The van der Waals surface area contributed by atoms with Gasteiger partial charge in [0.05, 0.1) is 39.1 Å². The first kappa shape index (κ1) is 13.8. The molecule has 0 spiro atoms. The van der Waals surface area contributed by atoms with Gasteiger partial charge in [-0.05, 0) is 6.42 Å². The van der Waals surface area contributed by atoms with Crippen molar-refractivity contribution in [1.29, 1.82) is 0 Å². The minimum absolute atomic E-state index is 0.169. The Morgan fingerprint density at radius 1 is 0.929 bits per heavy atom. The third-order valence-corrected chi connectivity index (χ3v) is 1.83. The van der Waals surface area contributed by atoms with Gasteiger partial charge in [-0.25, -0.2) is 0 Å². The quantitative estimate of drug-likeness (QED) is 0.501. The average molecular weight is 206 g/mol. The fourth-order valence-electron chi connectivity index (χ4n) is 0.939. The van der Waals surface area contributed by atoms with Crippen molar-refractivity contribution in [3.63, 3.8) is 0 Å². The molecule has 0 heterocycles. The molecule has 0 aliphatic rings. The number of rotatable bonds is 10. The van der Waals surface area contributed by atoms with Crippen LogP contribution in [0.3, 0.4) is 0 Å². The van der Waals surface area contributed by atoms with E-state index in [-0.39, 0.29) is 6.10 Å². The zero-order valence-corrected chi connectivity index (χ0v) is 9.45. The largest absolute Gasteiger partial charge is 0.382 e. The van der Waals surface area contributed by atoms with Crippen LogP contribution in [0.25, 0.3) is 0 Å². The molecular weight excluding hydrogens is 184 g/mol. The molecule has 1 unspecified atom stereocenters. The van der Waals surface area contributed by atoms with Gasteiger partial charge in [0.2, 0.25) is 0 Å². The Morgan fingerprint density at radius 2 is 1.57 bits per heavy atom. The Balaban J connectivity index is 3.28. The van der Waals surface area contributed by atoms with E-state index in [2.05, 4.69) is 6.92 Å². The summed E-state index contributed by atoms with van der Waals surface area (Å²) in [6.45, 7) is 5.23. The molecule has 0 saturated heterocycles. The predicted octanol–water partition coefficient (Wildman–Crippen LogP) is 1.09. The number of methoxy groups -OCH3 is 2. The third-order valence-electron chi connectivity index (χ3n) is 1.83. The molecule has 0 aromatic rings. The summed E-state index contributed by atoms with van der Waals surface area (Å²) in [5.41, 5.74) is 0. The van der Waals surface area contributed by atoms with Crippen LogP contribution in [-0.4, -0.2) is 53.4 Å². The fourth-order valence-corrected chi connectivity index (χ4v) is 0.939. The molecule has 0 radical (unpaired) electrons. The highest BCUT2D eigenvalue weighted by Gasteiger charge is 2.05. The van der Waals surface area contributed by atoms with Gasteiger partial charge in [-0.1, -0.05) is 6.92 Å². The molecule has 0 rings (SSSR count). The summed E-state index contributed by atoms with van der Waals surface area (Å²) in [5.74, 6) is 0. The molecule has 0 amide bonds. The van der Waals surface area contributed by atoms with Crippen molar-refractivity contribution in [3.8, 4) is 0 Å². The Morgan fingerprint density at radius 3 is 2.14 bits per heavy atom. The zero-order valence-electron chi connectivity index (χ0n) is 9.45. The lowest BCUT2D eigenvalue weighted by molar-refractivity contribution is -0.0413. The van der Waals surface area contributed by atoms with E-state index in [4.69, 9.17) is 18.9 Å². The molecule has 0 bridgehead atoms. The van der Waals surface area contributed by atoms with E-state index in [1.807, 2.05) is 0 Å². The van der Waals surface area contributed by atoms with Gasteiger partial charge in [0.1, 0.15) is 0 Å². The standard InChI is InChI=1S/C10H22O4/c1-4-10(14-8-6-12-3)9-13-7-5-11-2/h10H,4-9H2,1-3H3. The molecule has 0 aromatic heterocycles. The number of hydrogen-bond donors (Lipinski definition) is 0. The molecule has 0 N–H and O–H groups in total. The average Bonchev–Trinajstić information content (AvgIpc) is 2.22. The summed E-state index contributed by atoms with van der Waals surface area (Å²) < 4.78 is 20.7. The summed E-state index contributed by atoms with van der Waals surface area (Å²) in [6.07, 6.45) is 1.12. The summed E-state index contributed by atoms with van der Waals surface area (Å²) in [7, 11) is 3.33. The first-order valence-corrected chi connectivity index (χ1v) is 5.02. The molecule has 86 valence electrons. The second kappa shape index (κ2) is 10.9. The van der Waals surface area contributed by atoms with Crippen LogP contribution in [0.4, 0.5) is 0 Å². The van der Waals surface area contributed by atoms with Gasteiger partial charge in [0.15, 0.2) is 0 Å². The normalized spacial score (nSPS) is 13.1. The topological polar surface area (TPSA) is 36.9 Å². The van der Waals surface area contributed by atoms with Crippen LogP contribution in [0.5, 0.6) is 0 Å². The Bertz CT molecular complexity index is 108. The molecule has 14 heavy (non-hydrogen) atoms. The Labute approximate surface area is 86.5 Å². The maximum absolute atomic E-state index is 5.52. The van der Waals surface area contributed by atoms with Gasteiger partial charge in [0.25, 0.3) is 0 Å². The second-order valence-electron chi connectivity index (χ2n) is 2.96. The fraction of sp³-hybridized carbons (Fsp3) is 1.00. The molecular formula is C10H22O4. The third kappa shape index (κ3) is 8.44. The molecule has 4 nitrogen and oxygen atoms in total. The molecule has 0 saturated carbocycles. The van der Waals surface area contributed by atoms with Gasteiger partial charge in [-0.3, -0.25) is 0 Å². The summed E-state index contributed by atoms with van der Waals surface area (Å²) >= 11 is 0. The molecule has 1 atom stereocenters. The first-order valence-electron chi connectivity index (χ1n) is 5.02. The van der Waals surface area contributed by atoms with E-state index < -0.39 is 0 Å². The van der Waals surface area contributed by atoms with Gasteiger partial charge in [-0.15, -0.1) is 0 Å². The highest BCUT2D eigenvalue weighted by molar-refractivity contribution is 4.53. The summed E-state index contributed by atoms with van der Waals surface area (Å²) in [4.78, 5) is 0. The highest BCUT2D eigenvalue weighted by Crippen LogP contribution is 1.98. The summed E-state index contributed by atoms with van der Waals surface area (Å²) in [5, 5.41) is 0. The minimum Gasteiger partial charge on any atom is -0.382 e. The van der Waals surface area contributed by atoms with E-state index in [0.717, 1.165) is 6.42 Å². The van der Waals surface area contributed by atoms with E-state index in [9.17, 15) is 0 Å². The molecule has 0 aliphatic carbocycles. The minimum atomic E-state index is 0.169. The van der Waals surface area contributed by atoms with Crippen LogP contribution in [0.1, 0.15) is 13.3 Å².